The Kier molecular flexibility index (Phi) is 5.58. The molecule has 2 aromatic carbocycles. The number of Topliss-reactive ketones (excluding diaryl/α,β-unsaturated/α-hetero) is 1. The standard InChI is InChI=1S/C20H19N3O6/c1-12-3-5-15(23(27)28)10-16(12)21-19(25)7-8-22-17-9-14(13(2)24)4-6-18(17)29-11-20(22)26/h3-6,9-10H,7-8,11H2,1-2H3,(H,21,25). The lowest BCUT2D eigenvalue weighted by Crippen LogP contribution is -2.40. The Hall–Kier alpha value is -3.75. The molecule has 0 aliphatic carbocycles. The summed E-state index contributed by atoms with van der Waals surface area (Å²) in [4.78, 5) is 48.1. The van der Waals surface area contributed by atoms with E-state index < -0.39 is 10.8 Å². The van der Waals surface area contributed by atoms with E-state index in [0.29, 0.717) is 28.3 Å². The molecule has 0 fully saturated rings. The lowest BCUT2D eigenvalue weighted by molar-refractivity contribution is -0.384. The highest BCUT2D eigenvalue weighted by Gasteiger charge is 2.26. The lowest BCUT2D eigenvalue weighted by Gasteiger charge is -2.29. The zero-order valence-electron chi connectivity index (χ0n) is 15.9. The van der Waals surface area contributed by atoms with Crippen LogP contribution in [0.5, 0.6) is 5.75 Å². The topological polar surface area (TPSA) is 119 Å². The van der Waals surface area contributed by atoms with Gasteiger partial charge in [0.15, 0.2) is 12.4 Å². The molecule has 2 amide bonds. The Morgan fingerprint density at radius 3 is 2.69 bits per heavy atom. The summed E-state index contributed by atoms with van der Waals surface area (Å²) in [5, 5.41) is 13.6. The molecule has 29 heavy (non-hydrogen) atoms. The van der Waals surface area contributed by atoms with Crippen molar-refractivity contribution < 1.29 is 24.0 Å². The first kappa shape index (κ1) is 20.0. The number of carbonyl (C=O) groups is 3. The van der Waals surface area contributed by atoms with Crippen LogP contribution in [0, 0.1) is 17.0 Å². The van der Waals surface area contributed by atoms with E-state index in [1.54, 1.807) is 31.2 Å². The van der Waals surface area contributed by atoms with Gasteiger partial charge in [-0.2, -0.15) is 0 Å². The fourth-order valence-corrected chi connectivity index (χ4v) is 2.95. The molecule has 150 valence electrons. The molecule has 3 rings (SSSR count). The largest absolute Gasteiger partial charge is 0.482 e. The molecule has 0 saturated carbocycles. The molecule has 0 bridgehead atoms. The van der Waals surface area contributed by atoms with Crippen LogP contribution in [0.3, 0.4) is 0 Å². The van der Waals surface area contributed by atoms with Crippen molar-refractivity contribution in [3.63, 3.8) is 0 Å². The number of hydrogen-bond donors (Lipinski definition) is 1. The van der Waals surface area contributed by atoms with E-state index in [1.165, 1.54) is 24.0 Å². The van der Waals surface area contributed by atoms with Crippen LogP contribution in [0.15, 0.2) is 36.4 Å². The van der Waals surface area contributed by atoms with Crippen molar-refractivity contribution in [3.8, 4) is 5.75 Å². The van der Waals surface area contributed by atoms with Gasteiger partial charge in [-0.3, -0.25) is 24.5 Å². The lowest BCUT2D eigenvalue weighted by atomic mass is 10.1. The third-order valence-electron chi connectivity index (χ3n) is 4.58. The number of nitro benzene ring substituents is 1. The van der Waals surface area contributed by atoms with Crippen LogP contribution in [0.2, 0.25) is 0 Å². The summed E-state index contributed by atoms with van der Waals surface area (Å²) >= 11 is 0. The van der Waals surface area contributed by atoms with Crippen molar-refractivity contribution in [2.75, 3.05) is 23.4 Å². The molecule has 1 heterocycles. The maximum atomic E-state index is 12.4. The summed E-state index contributed by atoms with van der Waals surface area (Å²) in [5.41, 5.74) is 1.77. The number of amides is 2. The Balaban J connectivity index is 1.73. The van der Waals surface area contributed by atoms with Crippen molar-refractivity contribution in [2.45, 2.75) is 20.3 Å². The molecule has 0 aromatic heterocycles. The monoisotopic (exact) mass is 397 g/mol. The number of aryl methyl sites for hydroxylation is 1. The minimum atomic E-state index is -0.537. The molecular weight excluding hydrogens is 378 g/mol. The molecule has 0 radical (unpaired) electrons. The van der Waals surface area contributed by atoms with E-state index in [1.807, 2.05) is 0 Å². The van der Waals surface area contributed by atoms with Gasteiger partial charge in [-0.05, 0) is 37.6 Å². The predicted octanol–water partition coefficient (Wildman–Crippen LogP) is 2.86. The maximum Gasteiger partial charge on any atom is 0.271 e. The SMILES string of the molecule is CC(=O)c1ccc2c(c1)N(CCC(=O)Nc1cc([N+](=O)[O-])ccc1C)C(=O)CO2. The molecule has 0 atom stereocenters. The van der Waals surface area contributed by atoms with Gasteiger partial charge in [0.2, 0.25) is 5.91 Å². The van der Waals surface area contributed by atoms with Gasteiger partial charge < -0.3 is 15.0 Å². The van der Waals surface area contributed by atoms with Crippen molar-refractivity contribution in [1.29, 1.82) is 0 Å². The molecule has 0 saturated heterocycles. The number of benzene rings is 2. The van der Waals surface area contributed by atoms with Gasteiger partial charge in [0.05, 0.1) is 16.3 Å². The van der Waals surface area contributed by atoms with E-state index >= 15 is 0 Å². The number of hydrogen-bond acceptors (Lipinski definition) is 6. The Bertz CT molecular complexity index is 1020. The van der Waals surface area contributed by atoms with Crippen LogP contribution < -0.4 is 15.0 Å². The highest BCUT2D eigenvalue weighted by molar-refractivity contribution is 6.02. The first-order chi connectivity index (χ1) is 13.8. The summed E-state index contributed by atoms with van der Waals surface area (Å²) < 4.78 is 5.39. The fraction of sp³-hybridized carbons (Fsp3) is 0.250. The molecule has 0 unspecified atom stereocenters. The first-order valence-electron chi connectivity index (χ1n) is 8.89. The van der Waals surface area contributed by atoms with Crippen LogP contribution in [0.1, 0.15) is 29.3 Å². The second-order valence-corrected chi connectivity index (χ2v) is 6.63. The van der Waals surface area contributed by atoms with Gasteiger partial charge in [0, 0.05) is 30.7 Å². The number of fused-ring (bicyclic) bond motifs is 1. The Morgan fingerprint density at radius 2 is 2.00 bits per heavy atom. The third kappa shape index (κ3) is 4.40. The molecular formula is C20H19N3O6. The van der Waals surface area contributed by atoms with E-state index in [4.69, 9.17) is 4.74 Å². The molecule has 1 aliphatic rings. The minimum Gasteiger partial charge on any atom is -0.482 e. The van der Waals surface area contributed by atoms with Crippen molar-refractivity contribution in [1.82, 2.24) is 0 Å². The van der Waals surface area contributed by atoms with Crippen molar-refractivity contribution >= 4 is 34.7 Å². The zero-order chi connectivity index (χ0) is 21.1. The van der Waals surface area contributed by atoms with Crippen LogP contribution in [0.4, 0.5) is 17.1 Å². The molecule has 9 nitrogen and oxygen atoms in total. The fourth-order valence-electron chi connectivity index (χ4n) is 2.95. The van der Waals surface area contributed by atoms with Gasteiger partial charge >= 0.3 is 0 Å². The Morgan fingerprint density at radius 1 is 1.24 bits per heavy atom. The number of nitrogens with zero attached hydrogens (tertiary/aromatic N) is 2. The van der Waals surface area contributed by atoms with Gasteiger partial charge in [0.1, 0.15) is 5.75 Å². The van der Waals surface area contributed by atoms with Crippen LogP contribution in [0.25, 0.3) is 0 Å². The smallest absolute Gasteiger partial charge is 0.271 e. The van der Waals surface area contributed by atoms with Crippen molar-refractivity contribution in [2.24, 2.45) is 0 Å². The average Bonchev–Trinajstić information content (AvgIpc) is 2.68. The highest BCUT2D eigenvalue weighted by Crippen LogP contribution is 2.33. The Labute approximate surface area is 166 Å². The summed E-state index contributed by atoms with van der Waals surface area (Å²) in [6, 6.07) is 9.02. The van der Waals surface area contributed by atoms with E-state index in [0.717, 1.165) is 0 Å². The molecule has 2 aromatic rings. The molecule has 1 aliphatic heterocycles. The predicted molar refractivity (Wildman–Crippen MR) is 105 cm³/mol. The first-order valence-corrected chi connectivity index (χ1v) is 8.89. The number of anilines is 2. The normalized spacial score (nSPS) is 12.8. The van der Waals surface area contributed by atoms with Crippen LogP contribution >= 0.6 is 0 Å². The summed E-state index contributed by atoms with van der Waals surface area (Å²) in [7, 11) is 0. The highest BCUT2D eigenvalue weighted by atomic mass is 16.6. The van der Waals surface area contributed by atoms with E-state index in [-0.39, 0.29) is 37.0 Å². The second-order valence-electron chi connectivity index (χ2n) is 6.63. The number of nitro groups is 1. The third-order valence-corrected chi connectivity index (χ3v) is 4.58. The molecule has 0 spiro atoms. The van der Waals surface area contributed by atoms with E-state index in [9.17, 15) is 24.5 Å². The van der Waals surface area contributed by atoms with E-state index in [2.05, 4.69) is 5.32 Å². The summed E-state index contributed by atoms with van der Waals surface area (Å²) in [6.07, 6.45) is -0.0301. The summed E-state index contributed by atoms with van der Waals surface area (Å²) in [5.74, 6) is -0.399. The molecule has 1 N–H and O–H groups in total. The van der Waals surface area contributed by atoms with Crippen LogP contribution in [-0.4, -0.2) is 35.7 Å². The number of nitrogens with one attached hydrogen (secondary N) is 1. The maximum absolute atomic E-state index is 12.4. The van der Waals surface area contributed by atoms with Gasteiger partial charge in [-0.15, -0.1) is 0 Å². The van der Waals surface area contributed by atoms with Gasteiger partial charge in [0.25, 0.3) is 11.6 Å². The number of carbonyl (C=O) groups excluding carboxylic acids is 3. The van der Waals surface area contributed by atoms with Crippen LogP contribution in [-0.2, 0) is 9.59 Å². The average molecular weight is 397 g/mol. The van der Waals surface area contributed by atoms with Gasteiger partial charge in [-0.25, -0.2) is 0 Å². The summed E-state index contributed by atoms with van der Waals surface area (Å²) in [6.45, 7) is 3.07. The van der Waals surface area contributed by atoms with Crippen molar-refractivity contribution in [3.05, 3.63) is 57.6 Å². The minimum absolute atomic E-state index is 0.0301. The molecule has 9 heteroatoms. The quantitative estimate of drug-likeness (QED) is 0.455. The zero-order valence-corrected chi connectivity index (χ0v) is 15.9. The number of rotatable bonds is 6. The second kappa shape index (κ2) is 8.09. The number of ketones is 1. The number of non-ortho nitro benzene ring substituents is 1. The van der Waals surface area contributed by atoms with Gasteiger partial charge in [-0.1, -0.05) is 6.07 Å². The number of ether oxygens (including phenoxy) is 1.